The smallest absolute Gasteiger partial charge is 0.255 e. The number of nitrogens with zero attached hydrogens (tertiary/aromatic N) is 2. The van der Waals surface area contributed by atoms with Gasteiger partial charge in [-0.3, -0.25) is 4.79 Å². The van der Waals surface area contributed by atoms with E-state index in [1.165, 1.54) is 0 Å². The van der Waals surface area contributed by atoms with Crippen LogP contribution in [0.5, 0.6) is 0 Å². The van der Waals surface area contributed by atoms with Crippen LogP contribution in [-0.2, 0) is 0 Å². The molecule has 1 heterocycles. The molecule has 0 atom stereocenters. The lowest BCUT2D eigenvalue weighted by Gasteiger charge is -2.08. The van der Waals surface area contributed by atoms with Gasteiger partial charge in [0, 0.05) is 34.4 Å². The summed E-state index contributed by atoms with van der Waals surface area (Å²) in [7, 11) is 0. The molecule has 0 spiro atoms. The first-order valence-electron chi connectivity index (χ1n) is 6.38. The van der Waals surface area contributed by atoms with Gasteiger partial charge in [0.1, 0.15) is 0 Å². The van der Waals surface area contributed by atoms with E-state index in [2.05, 4.69) is 10.3 Å². The summed E-state index contributed by atoms with van der Waals surface area (Å²) < 4.78 is 1.87. The van der Waals surface area contributed by atoms with Crippen molar-refractivity contribution in [3.05, 3.63) is 77.8 Å². The molecule has 1 aromatic heterocycles. The fraction of sp³-hybridized carbons (Fsp3) is 0. The van der Waals surface area contributed by atoms with Gasteiger partial charge < -0.3 is 9.88 Å². The molecule has 5 heteroatoms. The summed E-state index contributed by atoms with van der Waals surface area (Å²) in [5, 5.41) is 3.39. The Hall–Kier alpha value is -2.59. The molecule has 0 aliphatic carbocycles. The number of benzene rings is 2. The van der Waals surface area contributed by atoms with Crippen LogP contribution in [0.4, 0.5) is 5.69 Å². The van der Waals surface area contributed by atoms with Gasteiger partial charge in [-0.05, 0) is 36.4 Å². The Balaban J connectivity index is 1.82. The summed E-state index contributed by atoms with van der Waals surface area (Å²) in [5.41, 5.74) is 2.16. The third-order valence-corrected chi connectivity index (χ3v) is 3.23. The Morgan fingerprint density at radius 3 is 2.76 bits per heavy atom. The minimum Gasteiger partial charge on any atom is -0.322 e. The maximum Gasteiger partial charge on any atom is 0.255 e. The second-order valence-corrected chi connectivity index (χ2v) is 4.92. The molecule has 3 rings (SSSR count). The molecule has 1 amide bonds. The average Bonchev–Trinajstić information content (AvgIpc) is 3.02. The Morgan fingerprint density at radius 1 is 1.14 bits per heavy atom. The number of imidazole rings is 1. The molecule has 104 valence electrons. The number of hydrogen-bond donors (Lipinski definition) is 1. The van der Waals surface area contributed by atoms with Crippen molar-refractivity contribution in [1.82, 2.24) is 9.55 Å². The van der Waals surface area contributed by atoms with Crippen molar-refractivity contribution >= 4 is 23.2 Å². The molecule has 0 saturated heterocycles. The van der Waals surface area contributed by atoms with Gasteiger partial charge in [-0.25, -0.2) is 4.98 Å². The summed E-state index contributed by atoms with van der Waals surface area (Å²) in [6.45, 7) is 0. The van der Waals surface area contributed by atoms with Crippen molar-refractivity contribution in [2.45, 2.75) is 0 Å². The van der Waals surface area contributed by atoms with Crippen LogP contribution < -0.4 is 5.32 Å². The number of carbonyl (C=O) groups is 1. The Labute approximate surface area is 127 Å². The monoisotopic (exact) mass is 297 g/mol. The molecule has 0 saturated carbocycles. The van der Waals surface area contributed by atoms with E-state index in [0.717, 1.165) is 5.69 Å². The van der Waals surface area contributed by atoms with Crippen molar-refractivity contribution < 1.29 is 4.79 Å². The lowest BCUT2D eigenvalue weighted by atomic mass is 10.2. The van der Waals surface area contributed by atoms with Crippen LogP contribution in [0.3, 0.4) is 0 Å². The van der Waals surface area contributed by atoms with E-state index in [1.807, 2.05) is 35.0 Å². The molecule has 21 heavy (non-hydrogen) atoms. The van der Waals surface area contributed by atoms with Crippen LogP contribution in [-0.4, -0.2) is 15.5 Å². The molecule has 1 N–H and O–H groups in total. The minimum atomic E-state index is -0.194. The van der Waals surface area contributed by atoms with Crippen molar-refractivity contribution in [3.8, 4) is 5.69 Å². The summed E-state index contributed by atoms with van der Waals surface area (Å²) in [6.07, 6.45) is 5.26. The van der Waals surface area contributed by atoms with Crippen LogP contribution >= 0.6 is 11.6 Å². The van der Waals surface area contributed by atoms with E-state index >= 15 is 0 Å². The number of rotatable bonds is 3. The van der Waals surface area contributed by atoms with Crippen LogP contribution in [0, 0.1) is 0 Å². The molecule has 4 nitrogen and oxygen atoms in total. The fourth-order valence-corrected chi connectivity index (χ4v) is 2.18. The zero-order valence-corrected chi connectivity index (χ0v) is 11.8. The normalized spacial score (nSPS) is 10.3. The van der Waals surface area contributed by atoms with Crippen molar-refractivity contribution in [1.29, 1.82) is 0 Å². The van der Waals surface area contributed by atoms with E-state index in [9.17, 15) is 4.79 Å². The number of aromatic nitrogens is 2. The van der Waals surface area contributed by atoms with Gasteiger partial charge in [-0.2, -0.15) is 0 Å². The summed E-state index contributed by atoms with van der Waals surface area (Å²) in [6, 6.07) is 14.4. The van der Waals surface area contributed by atoms with Crippen molar-refractivity contribution in [2.75, 3.05) is 5.32 Å². The topological polar surface area (TPSA) is 46.9 Å². The largest absolute Gasteiger partial charge is 0.322 e. The lowest BCUT2D eigenvalue weighted by molar-refractivity contribution is 0.102. The molecule has 0 unspecified atom stereocenters. The highest BCUT2D eigenvalue weighted by atomic mass is 35.5. The highest BCUT2D eigenvalue weighted by molar-refractivity contribution is 6.31. The predicted octanol–water partition coefficient (Wildman–Crippen LogP) is 3.78. The molecule has 0 radical (unpaired) electrons. The van der Waals surface area contributed by atoms with Crippen LogP contribution in [0.1, 0.15) is 10.4 Å². The van der Waals surface area contributed by atoms with E-state index in [-0.39, 0.29) is 5.91 Å². The highest BCUT2D eigenvalue weighted by Crippen LogP contribution is 2.16. The standard InChI is InChI=1S/C16H12ClN3O/c17-13-4-1-3-12(9-13)16(21)19-14-5-2-6-15(10-14)20-8-7-18-11-20/h1-11H,(H,19,21). The quantitative estimate of drug-likeness (QED) is 0.800. The van der Waals surface area contributed by atoms with E-state index in [4.69, 9.17) is 11.6 Å². The number of halogens is 1. The fourth-order valence-electron chi connectivity index (χ4n) is 1.99. The SMILES string of the molecule is O=C(Nc1cccc(-n2ccnc2)c1)c1cccc(Cl)c1. The van der Waals surface area contributed by atoms with Crippen LogP contribution in [0.15, 0.2) is 67.3 Å². The summed E-state index contributed by atoms with van der Waals surface area (Å²) in [4.78, 5) is 16.2. The Morgan fingerprint density at radius 2 is 2.00 bits per heavy atom. The molecule has 3 aromatic rings. The third-order valence-electron chi connectivity index (χ3n) is 2.99. The highest BCUT2D eigenvalue weighted by Gasteiger charge is 2.07. The third kappa shape index (κ3) is 3.12. The molecular weight excluding hydrogens is 286 g/mol. The molecule has 0 aliphatic heterocycles. The predicted molar refractivity (Wildman–Crippen MR) is 83.0 cm³/mol. The molecular formula is C16H12ClN3O. The average molecular weight is 298 g/mol. The molecule has 0 fully saturated rings. The first-order valence-corrected chi connectivity index (χ1v) is 6.75. The second-order valence-electron chi connectivity index (χ2n) is 4.48. The zero-order chi connectivity index (χ0) is 14.7. The zero-order valence-electron chi connectivity index (χ0n) is 11.0. The maximum atomic E-state index is 12.2. The van der Waals surface area contributed by atoms with Crippen molar-refractivity contribution in [2.24, 2.45) is 0 Å². The Bertz CT molecular complexity index is 769. The van der Waals surface area contributed by atoms with E-state index < -0.39 is 0 Å². The maximum absolute atomic E-state index is 12.2. The minimum absolute atomic E-state index is 0.194. The summed E-state index contributed by atoms with van der Waals surface area (Å²) in [5.74, 6) is -0.194. The first-order chi connectivity index (χ1) is 10.2. The van der Waals surface area contributed by atoms with Gasteiger partial charge in [0.05, 0.1) is 6.33 Å². The van der Waals surface area contributed by atoms with Crippen molar-refractivity contribution in [3.63, 3.8) is 0 Å². The lowest BCUT2D eigenvalue weighted by Crippen LogP contribution is -2.11. The number of anilines is 1. The summed E-state index contributed by atoms with van der Waals surface area (Å²) >= 11 is 5.89. The number of nitrogens with one attached hydrogen (secondary N) is 1. The van der Waals surface area contributed by atoms with Gasteiger partial charge in [0.2, 0.25) is 0 Å². The second kappa shape index (κ2) is 5.81. The van der Waals surface area contributed by atoms with Gasteiger partial charge in [0.15, 0.2) is 0 Å². The van der Waals surface area contributed by atoms with Gasteiger partial charge >= 0.3 is 0 Å². The molecule has 0 aliphatic rings. The number of carbonyl (C=O) groups excluding carboxylic acids is 1. The Kier molecular flexibility index (Phi) is 3.71. The van der Waals surface area contributed by atoms with E-state index in [1.54, 1.807) is 36.8 Å². The van der Waals surface area contributed by atoms with Crippen LogP contribution in [0.2, 0.25) is 5.02 Å². The van der Waals surface area contributed by atoms with Crippen LogP contribution in [0.25, 0.3) is 5.69 Å². The number of hydrogen-bond acceptors (Lipinski definition) is 2. The van der Waals surface area contributed by atoms with Gasteiger partial charge in [-0.15, -0.1) is 0 Å². The van der Waals surface area contributed by atoms with Gasteiger partial charge in [0.25, 0.3) is 5.91 Å². The van der Waals surface area contributed by atoms with E-state index in [0.29, 0.717) is 16.3 Å². The first kappa shape index (κ1) is 13.4. The molecule has 0 bridgehead atoms. The molecule has 2 aromatic carbocycles. The number of amides is 1. The van der Waals surface area contributed by atoms with Gasteiger partial charge in [-0.1, -0.05) is 23.7 Å².